The highest BCUT2D eigenvalue weighted by atomic mass is 16.5. The fourth-order valence-corrected chi connectivity index (χ4v) is 2.82. The third-order valence-electron chi connectivity index (χ3n) is 4.15. The van der Waals surface area contributed by atoms with Crippen LogP contribution in [0.4, 0.5) is 0 Å². The van der Waals surface area contributed by atoms with E-state index in [4.69, 9.17) is 10.5 Å². The van der Waals surface area contributed by atoms with Gasteiger partial charge in [0.25, 0.3) is 0 Å². The predicted octanol–water partition coefficient (Wildman–Crippen LogP) is 1.84. The summed E-state index contributed by atoms with van der Waals surface area (Å²) in [6, 6.07) is 11.5. The van der Waals surface area contributed by atoms with Gasteiger partial charge in [-0.3, -0.25) is 4.90 Å². The van der Waals surface area contributed by atoms with Crippen LogP contribution >= 0.6 is 0 Å². The molecule has 0 spiro atoms. The minimum absolute atomic E-state index is 0.374. The van der Waals surface area contributed by atoms with Crippen molar-refractivity contribution < 1.29 is 4.74 Å². The number of ether oxygens (including phenoxy) is 1. The minimum atomic E-state index is 0.374. The molecule has 3 unspecified atom stereocenters. The zero-order valence-electron chi connectivity index (χ0n) is 11.4. The number of rotatable bonds is 5. The minimum Gasteiger partial charge on any atom is -0.380 e. The molecule has 3 nitrogen and oxygen atoms in total. The van der Waals surface area contributed by atoms with Gasteiger partial charge in [0, 0.05) is 25.2 Å². The lowest BCUT2D eigenvalue weighted by Crippen LogP contribution is -2.47. The molecule has 1 aliphatic rings. The molecule has 100 valence electrons. The van der Waals surface area contributed by atoms with Crippen LogP contribution in [0.5, 0.6) is 0 Å². The molecule has 0 saturated carbocycles. The largest absolute Gasteiger partial charge is 0.380 e. The maximum atomic E-state index is 6.00. The second-order valence-electron chi connectivity index (χ2n) is 5.19. The van der Waals surface area contributed by atoms with Gasteiger partial charge in [-0.25, -0.2) is 0 Å². The Bertz CT molecular complexity index is 349. The van der Waals surface area contributed by atoms with Crippen molar-refractivity contribution in [2.45, 2.75) is 31.3 Å². The van der Waals surface area contributed by atoms with Crippen LogP contribution in [-0.4, -0.2) is 43.8 Å². The Morgan fingerprint density at radius 3 is 2.67 bits per heavy atom. The Hall–Kier alpha value is -0.900. The summed E-state index contributed by atoms with van der Waals surface area (Å²) < 4.78 is 5.48. The number of benzene rings is 1. The molecule has 0 aliphatic carbocycles. The van der Waals surface area contributed by atoms with E-state index in [0.29, 0.717) is 24.5 Å². The molecule has 3 heteroatoms. The second-order valence-corrected chi connectivity index (χ2v) is 5.19. The summed E-state index contributed by atoms with van der Waals surface area (Å²) in [7, 11) is 2.18. The first-order chi connectivity index (χ1) is 8.74. The van der Waals surface area contributed by atoms with Crippen molar-refractivity contribution in [2.75, 3.05) is 26.8 Å². The molecule has 0 bridgehead atoms. The lowest BCUT2D eigenvalue weighted by atomic mass is 9.91. The molecule has 0 radical (unpaired) electrons. The number of nitrogens with zero attached hydrogens (tertiary/aromatic N) is 1. The zero-order chi connectivity index (χ0) is 13.0. The summed E-state index contributed by atoms with van der Waals surface area (Å²) in [5.74, 6) is 0.446. The quantitative estimate of drug-likeness (QED) is 0.864. The van der Waals surface area contributed by atoms with Gasteiger partial charge in [0.2, 0.25) is 0 Å². The summed E-state index contributed by atoms with van der Waals surface area (Å²) in [5.41, 5.74) is 7.36. The lowest BCUT2D eigenvalue weighted by molar-refractivity contribution is 0.125. The van der Waals surface area contributed by atoms with E-state index in [1.165, 1.54) is 5.56 Å². The predicted molar refractivity (Wildman–Crippen MR) is 74.7 cm³/mol. The van der Waals surface area contributed by atoms with Crippen molar-refractivity contribution in [2.24, 2.45) is 5.73 Å². The Morgan fingerprint density at radius 1 is 1.39 bits per heavy atom. The monoisotopic (exact) mass is 248 g/mol. The Kier molecular flexibility index (Phi) is 4.75. The van der Waals surface area contributed by atoms with Crippen molar-refractivity contribution in [3.05, 3.63) is 35.9 Å². The summed E-state index contributed by atoms with van der Waals surface area (Å²) in [6.07, 6.45) is 1.12. The summed E-state index contributed by atoms with van der Waals surface area (Å²) in [4.78, 5) is 2.41. The van der Waals surface area contributed by atoms with Crippen LogP contribution in [0.2, 0.25) is 0 Å². The molecule has 18 heavy (non-hydrogen) atoms. The van der Waals surface area contributed by atoms with Gasteiger partial charge in [0.15, 0.2) is 0 Å². The topological polar surface area (TPSA) is 38.5 Å². The zero-order valence-corrected chi connectivity index (χ0v) is 11.4. The van der Waals surface area contributed by atoms with Crippen molar-refractivity contribution in [1.29, 1.82) is 0 Å². The van der Waals surface area contributed by atoms with E-state index in [9.17, 15) is 0 Å². The van der Waals surface area contributed by atoms with Crippen molar-refractivity contribution in [3.8, 4) is 0 Å². The van der Waals surface area contributed by atoms with Crippen LogP contribution in [0.15, 0.2) is 30.3 Å². The maximum Gasteiger partial charge on any atom is 0.0622 e. The standard InChI is InChI=1S/C15H24N2O/c1-12(13-6-4-3-5-7-13)15(10-16)17(2)14-8-9-18-11-14/h3-7,12,14-15H,8-11,16H2,1-2H3. The van der Waals surface area contributed by atoms with Gasteiger partial charge >= 0.3 is 0 Å². The van der Waals surface area contributed by atoms with Gasteiger partial charge in [-0.1, -0.05) is 37.3 Å². The van der Waals surface area contributed by atoms with E-state index in [2.05, 4.69) is 49.2 Å². The molecule has 1 aromatic rings. The molecule has 2 N–H and O–H groups in total. The molecule has 2 rings (SSSR count). The normalized spacial score (nSPS) is 23.2. The number of nitrogens with two attached hydrogens (primary N) is 1. The first-order valence-electron chi connectivity index (χ1n) is 6.78. The third-order valence-corrected chi connectivity index (χ3v) is 4.15. The number of hydrogen-bond donors (Lipinski definition) is 1. The molecule has 1 fully saturated rings. The lowest BCUT2D eigenvalue weighted by Gasteiger charge is -2.35. The number of hydrogen-bond acceptors (Lipinski definition) is 3. The Balaban J connectivity index is 2.07. The van der Waals surface area contributed by atoms with Crippen LogP contribution < -0.4 is 5.73 Å². The van der Waals surface area contributed by atoms with E-state index in [-0.39, 0.29) is 0 Å². The fraction of sp³-hybridized carbons (Fsp3) is 0.600. The van der Waals surface area contributed by atoms with Crippen LogP contribution in [0, 0.1) is 0 Å². The molecule has 1 aromatic carbocycles. The smallest absolute Gasteiger partial charge is 0.0622 e. The van der Waals surface area contributed by atoms with Gasteiger partial charge in [0.05, 0.1) is 6.61 Å². The number of likely N-dealkylation sites (N-methyl/N-ethyl adjacent to an activating group) is 1. The summed E-state index contributed by atoms with van der Waals surface area (Å²) >= 11 is 0. The highest BCUT2D eigenvalue weighted by Crippen LogP contribution is 2.25. The van der Waals surface area contributed by atoms with Crippen molar-refractivity contribution in [3.63, 3.8) is 0 Å². The molecular formula is C15H24N2O. The van der Waals surface area contributed by atoms with Crippen LogP contribution in [0.1, 0.15) is 24.8 Å². The van der Waals surface area contributed by atoms with Gasteiger partial charge < -0.3 is 10.5 Å². The average molecular weight is 248 g/mol. The highest BCUT2D eigenvalue weighted by molar-refractivity contribution is 5.20. The van der Waals surface area contributed by atoms with Gasteiger partial charge in [-0.05, 0) is 24.9 Å². The molecule has 1 heterocycles. The van der Waals surface area contributed by atoms with Gasteiger partial charge in [0.1, 0.15) is 0 Å². The van der Waals surface area contributed by atoms with Gasteiger partial charge in [-0.15, -0.1) is 0 Å². The van der Waals surface area contributed by atoms with E-state index in [1.54, 1.807) is 0 Å². The molecule has 0 aromatic heterocycles. The Labute approximate surface area is 110 Å². The molecule has 1 saturated heterocycles. The second kappa shape index (κ2) is 6.32. The van der Waals surface area contributed by atoms with E-state index < -0.39 is 0 Å². The first kappa shape index (κ1) is 13.5. The van der Waals surface area contributed by atoms with E-state index in [0.717, 1.165) is 19.6 Å². The average Bonchev–Trinajstić information content (AvgIpc) is 2.94. The molecule has 0 amide bonds. The summed E-state index contributed by atoms with van der Waals surface area (Å²) in [5, 5.41) is 0. The molecular weight excluding hydrogens is 224 g/mol. The van der Waals surface area contributed by atoms with Crippen molar-refractivity contribution >= 4 is 0 Å². The maximum absolute atomic E-state index is 6.00. The third kappa shape index (κ3) is 2.91. The first-order valence-corrected chi connectivity index (χ1v) is 6.78. The Morgan fingerprint density at radius 2 is 2.11 bits per heavy atom. The van der Waals surface area contributed by atoms with Crippen LogP contribution in [0.25, 0.3) is 0 Å². The van der Waals surface area contributed by atoms with Crippen LogP contribution in [-0.2, 0) is 4.74 Å². The van der Waals surface area contributed by atoms with E-state index in [1.807, 2.05) is 0 Å². The SMILES string of the molecule is CC(c1ccccc1)C(CN)N(C)C1CCOC1. The molecule has 1 aliphatic heterocycles. The van der Waals surface area contributed by atoms with E-state index >= 15 is 0 Å². The highest BCUT2D eigenvalue weighted by Gasteiger charge is 2.29. The molecule has 3 atom stereocenters. The summed E-state index contributed by atoms with van der Waals surface area (Å²) in [6.45, 7) is 4.67. The van der Waals surface area contributed by atoms with Crippen molar-refractivity contribution in [1.82, 2.24) is 4.90 Å². The van der Waals surface area contributed by atoms with Crippen LogP contribution in [0.3, 0.4) is 0 Å². The van der Waals surface area contributed by atoms with Gasteiger partial charge in [-0.2, -0.15) is 0 Å². The fourth-order valence-electron chi connectivity index (χ4n) is 2.82.